The lowest BCUT2D eigenvalue weighted by molar-refractivity contribution is -0.180. The molecular weight excluding hydrogens is 448 g/mol. The summed E-state index contributed by atoms with van der Waals surface area (Å²) >= 11 is 0. The summed E-state index contributed by atoms with van der Waals surface area (Å²) < 4.78 is 23.2. The van der Waals surface area contributed by atoms with Gasteiger partial charge >= 0.3 is 0 Å². The van der Waals surface area contributed by atoms with Gasteiger partial charge in [-0.1, -0.05) is 20.3 Å². The molecule has 8 heteroatoms. The zero-order chi connectivity index (χ0) is 25.0. The SMILES string of the molecule is CCO[C@@H]1OC(C(=O)N2CCC(N3CCCCC3)CC2)=C[C@H](C(C)C)[C@H]1CCOCCOCCO. The monoisotopic (exact) mass is 496 g/mol. The molecule has 3 aliphatic heterocycles. The second-order valence-corrected chi connectivity index (χ2v) is 10.3. The second kappa shape index (κ2) is 15.2. The van der Waals surface area contributed by atoms with Crippen LogP contribution in [0.2, 0.25) is 0 Å². The van der Waals surface area contributed by atoms with Crippen LogP contribution in [0.25, 0.3) is 0 Å². The summed E-state index contributed by atoms with van der Waals surface area (Å²) in [5, 5.41) is 8.78. The first-order valence-electron chi connectivity index (χ1n) is 13.8. The molecule has 3 atom stereocenters. The van der Waals surface area contributed by atoms with Gasteiger partial charge in [0.15, 0.2) is 5.76 Å². The Hall–Kier alpha value is -1.19. The third kappa shape index (κ3) is 8.42. The highest BCUT2D eigenvalue weighted by molar-refractivity contribution is 5.91. The van der Waals surface area contributed by atoms with Crippen molar-refractivity contribution in [2.75, 3.05) is 65.8 Å². The third-order valence-electron chi connectivity index (χ3n) is 7.60. The Morgan fingerprint density at radius 1 is 1.06 bits per heavy atom. The maximum atomic E-state index is 13.5. The van der Waals surface area contributed by atoms with E-state index >= 15 is 0 Å². The minimum atomic E-state index is -0.448. The first-order valence-corrected chi connectivity index (χ1v) is 13.8. The van der Waals surface area contributed by atoms with E-state index in [4.69, 9.17) is 24.1 Å². The van der Waals surface area contributed by atoms with E-state index in [0.717, 1.165) is 32.4 Å². The number of ether oxygens (including phenoxy) is 4. The molecule has 2 saturated heterocycles. The third-order valence-corrected chi connectivity index (χ3v) is 7.60. The number of carbonyl (C=O) groups is 1. The molecule has 0 aromatic heterocycles. The van der Waals surface area contributed by atoms with E-state index in [1.165, 1.54) is 32.4 Å². The summed E-state index contributed by atoms with van der Waals surface area (Å²) in [5.41, 5.74) is 0. The van der Waals surface area contributed by atoms with E-state index in [-0.39, 0.29) is 24.3 Å². The molecule has 0 aromatic carbocycles. The number of hydrogen-bond acceptors (Lipinski definition) is 7. The van der Waals surface area contributed by atoms with Crippen LogP contribution in [0.15, 0.2) is 11.8 Å². The van der Waals surface area contributed by atoms with Crippen molar-refractivity contribution in [2.45, 2.75) is 71.6 Å². The highest BCUT2D eigenvalue weighted by Crippen LogP contribution is 2.37. The van der Waals surface area contributed by atoms with Gasteiger partial charge in [-0.25, -0.2) is 0 Å². The van der Waals surface area contributed by atoms with Crippen molar-refractivity contribution in [3.8, 4) is 0 Å². The largest absolute Gasteiger partial charge is 0.459 e. The number of amides is 1. The summed E-state index contributed by atoms with van der Waals surface area (Å²) in [5.74, 6) is 1.11. The lowest BCUT2D eigenvalue weighted by Crippen LogP contribution is -2.49. The van der Waals surface area contributed by atoms with E-state index in [2.05, 4.69) is 18.7 Å². The van der Waals surface area contributed by atoms with Crippen molar-refractivity contribution < 1.29 is 28.8 Å². The predicted molar refractivity (Wildman–Crippen MR) is 135 cm³/mol. The van der Waals surface area contributed by atoms with E-state index < -0.39 is 6.29 Å². The van der Waals surface area contributed by atoms with Gasteiger partial charge in [0, 0.05) is 38.3 Å². The van der Waals surface area contributed by atoms with Crippen molar-refractivity contribution in [1.82, 2.24) is 9.80 Å². The van der Waals surface area contributed by atoms with Crippen LogP contribution in [-0.2, 0) is 23.7 Å². The van der Waals surface area contributed by atoms with Crippen LogP contribution in [-0.4, -0.2) is 99.0 Å². The molecule has 1 amide bonds. The molecule has 3 heterocycles. The predicted octanol–water partition coefficient (Wildman–Crippen LogP) is 3.04. The number of piperidine rings is 2. The van der Waals surface area contributed by atoms with Crippen LogP contribution < -0.4 is 0 Å². The van der Waals surface area contributed by atoms with Gasteiger partial charge in [0.1, 0.15) is 0 Å². The smallest absolute Gasteiger partial charge is 0.288 e. The maximum Gasteiger partial charge on any atom is 0.288 e. The first-order chi connectivity index (χ1) is 17.0. The van der Waals surface area contributed by atoms with Gasteiger partial charge < -0.3 is 33.9 Å². The fourth-order valence-corrected chi connectivity index (χ4v) is 5.67. The highest BCUT2D eigenvalue weighted by Gasteiger charge is 2.40. The van der Waals surface area contributed by atoms with Crippen LogP contribution in [0.5, 0.6) is 0 Å². The van der Waals surface area contributed by atoms with Crippen LogP contribution in [0.4, 0.5) is 0 Å². The summed E-state index contributed by atoms with van der Waals surface area (Å²) in [7, 11) is 0. The fourth-order valence-electron chi connectivity index (χ4n) is 5.67. The molecule has 1 N–H and O–H groups in total. The molecule has 202 valence electrons. The Labute approximate surface area is 211 Å². The topological polar surface area (TPSA) is 80.7 Å². The van der Waals surface area contributed by atoms with Gasteiger partial charge in [0.05, 0.1) is 26.4 Å². The molecule has 0 bridgehead atoms. The van der Waals surface area contributed by atoms with Crippen LogP contribution in [0.1, 0.15) is 59.3 Å². The normalized spacial score (nSPS) is 26.6. The maximum absolute atomic E-state index is 13.5. The van der Waals surface area contributed by atoms with E-state index in [0.29, 0.717) is 50.8 Å². The van der Waals surface area contributed by atoms with Gasteiger partial charge in [-0.05, 0) is 70.0 Å². The van der Waals surface area contributed by atoms with Gasteiger partial charge in [-0.2, -0.15) is 0 Å². The molecule has 8 nitrogen and oxygen atoms in total. The molecule has 0 saturated carbocycles. The zero-order valence-electron chi connectivity index (χ0n) is 22.2. The highest BCUT2D eigenvalue weighted by atomic mass is 16.7. The molecule has 35 heavy (non-hydrogen) atoms. The van der Waals surface area contributed by atoms with Crippen molar-refractivity contribution in [1.29, 1.82) is 0 Å². The molecule has 3 rings (SSSR count). The van der Waals surface area contributed by atoms with E-state index in [9.17, 15) is 4.79 Å². The average Bonchev–Trinajstić information content (AvgIpc) is 2.88. The molecule has 2 fully saturated rings. The average molecular weight is 497 g/mol. The van der Waals surface area contributed by atoms with Gasteiger partial charge in [-0.15, -0.1) is 0 Å². The molecular formula is C27H48N2O6. The Morgan fingerprint density at radius 3 is 2.37 bits per heavy atom. The standard InChI is InChI=1S/C27H48N2O6/c1-4-34-27-23(10-16-32-18-19-33-17-15-30)24(21(2)3)20-25(35-27)26(31)29-13-8-22(9-14-29)28-11-6-5-7-12-28/h20-24,27,30H,4-19H2,1-3H3/t23-,24-,27-/m1/s1. The zero-order valence-corrected chi connectivity index (χ0v) is 22.2. The first kappa shape index (κ1) is 28.4. The van der Waals surface area contributed by atoms with E-state index in [1.807, 2.05) is 17.9 Å². The Bertz CT molecular complexity index is 644. The summed E-state index contributed by atoms with van der Waals surface area (Å²) in [6.07, 6.45) is 8.44. The second-order valence-electron chi connectivity index (χ2n) is 10.3. The van der Waals surface area contributed by atoms with Crippen molar-refractivity contribution in [3.63, 3.8) is 0 Å². The summed E-state index contributed by atoms with van der Waals surface area (Å²) in [6.45, 7) is 12.8. The molecule has 0 spiro atoms. The van der Waals surface area contributed by atoms with Gasteiger partial charge in [0.25, 0.3) is 5.91 Å². The number of nitrogens with zero attached hydrogens (tertiary/aromatic N) is 2. The number of allylic oxidation sites excluding steroid dienone is 1. The molecule has 3 aliphatic rings. The van der Waals surface area contributed by atoms with Crippen LogP contribution >= 0.6 is 0 Å². The van der Waals surface area contributed by atoms with Crippen molar-refractivity contribution >= 4 is 5.91 Å². The van der Waals surface area contributed by atoms with Crippen molar-refractivity contribution in [2.24, 2.45) is 17.8 Å². The number of carbonyl (C=O) groups excluding carboxylic acids is 1. The Kier molecular flexibility index (Phi) is 12.3. The number of likely N-dealkylation sites (tertiary alicyclic amines) is 2. The Balaban J connectivity index is 1.56. The quantitative estimate of drug-likeness (QED) is 0.393. The summed E-state index contributed by atoms with van der Waals surface area (Å²) in [6, 6.07) is 0.610. The number of hydrogen-bond donors (Lipinski definition) is 1. The summed E-state index contributed by atoms with van der Waals surface area (Å²) in [4.78, 5) is 18.1. The number of aliphatic hydroxyl groups is 1. The van der Waals surface area contributed by atoms with E-state index in [1.54, 1.807) is 0 Å². The number of rotatable bonds is 13. The molecule has 0 aromatic rings. The molecule has 0 radical (unpaired) electrons. The lowest BCUT2D eigenvalue weighted by atomic mass is 9.79. The lowest BCUT2D eigenvalue weighted by Gasteiger charge is -2.42. The van der Waals surface area contributed by atoms with Crippen molar-refractivity contribution in [3.05, 3.63) is 11.8 Å². The van der Waals surface area contributed by atoms with Gasteiger partial charge in [0.2, 0.25) is 6.29 Å². The minimum Gasteiger partial charge on any atom is -0.459 e. The fraction of sp³-hybridized carbons (Fsp3) is 0.889. The minimum absolute atomic E-state index is 0.00757. The Morgan fingerprint density at radius 2 is 1.74 bits per heavy atom. The number of aliphatic hydroxyl groups excluding tert-OH is 1. The van der Waals surface area contributed by atoms with Crippen LogP contribution in [0.3, 0.4) is 0 Å². The molecule has 0 unspecified atom stereocenters. The van der Waals surface area contributed by atoms with Crippen LogP contribution in [0, 0.1) is 17.8 Å². The molecule has 0 aliphatic carbocycles. The van der Waals surface area contributed by atoms with Gasteiger partial charge in [-0.3, -0.25) is 4.79 Å².